The minimum absolute atomic E-state index is 0.540. The maximum absolute atomic E-state index is 5.52. The first-order chi connectivity index (χ1) is 8.33. The van der Waals surface area contributed by atoms with E-state index >= 15 is 0 Å². The minimum Gasteiger partial charge on any atom is -0.491 e. The van der Waals surface area contributed by atoms with E-state index < -0.39 is 0 Å². The summed E-state index contributed by atoms with van der Waals surface area (Å²) < 4.78 is 10.4. The Labute approximate surface area is 100 Å². The van der Waals surface area contributed by atoms with Crippen LogP contribution < -0.4 is 4.74 Å². The van der Waals surface area contributed by atoms with E-state index in [1.807, 2.05) is 30.3 Å². The third-order valence-corrected chi connectivity index (χ3v) is 2.36. The van der Waals surface area contributed by atoms with Gasteiger partial charge in [0.25, 0.3) is 0 Å². The molecule has 3 heteroatoms. The predicted octanol–water partition coefficient (Wildman–Crippen LogP) is 2.24. The first-order valence-electron chi connectivity index (χ1n) is 5.32. The predicted molar refractivity (Wildman–Crippen MR) is 67.0 cm³/mol. The summed E-state index contributed by atoms with van der Waals surface area (Å²) in [6.07, 6.45) is 5.30. The van der Waals surface area contributed by atoms with Gasteiger partial charge in [-0.3, -0.25) is 0 Å². The van der Waals surface area contributed by atoms with Gasteiger partial charge in [-0.25, -0.2) is 4.98 Å². The molecular weight excluding hydrogens is 214 g/mol. The van der Waals surface area contributed by atoms with Crippen LogP contribution in [0, 0.1) is 12.3 Å². The average Bonchev–Trinajstić information content (AvgIpc) is 2.38. The number of fused-ring (bicyclic) bond motifs is 1. The van der Waals surface area contributed by atoms with Crippen LogP contribution in [0.5, 0.6) is 5.75 Å². The summed E-state index contributed by atoms with van der Waals surface area (Å²) in [7, 11) is 1.65. The number of hydrogen-bond acceptors (Lipinski definition) is 3. The second-order valence-corrected chi connectivity index (χ2v) is 3.54. The molecule has 0 bridgehead atoms. The van der Waals surface area contributed by atoms with Crippen molar-refractivity contribution in [2.75, 3.05) is 20.3 Å². The van der Waals surface area contributed by atoms with E-state index in [0.717, 1.165) is 16.7 Å². The number of benzene rings is 1. The number of nitrogens with zero attached hydrogens (tertiary/aromatic N) is 1. The molecule has 0 amide bonds. The summed E-state index contributed by atoms with van der Waals surface area (Å²) in [5.41, 5.74) is 1.52. The maximum atomic E-state index is 5.52. The molecule has 0 atom stereocenters. The lowest BCUT2D eigenvalue weighted by atomic mass is 10.2. The summed E-state index contributed by atoms with van der Waals surface area (Å²) >= 11 is 0. The van der Waals surface area contributed by atoms with Gasteiger partial charge in [-0.1, -0.05) is 5.92 Å². The summed E-state index contributed by atoms with van der Waals surface area (Å²) in [6.45, 7) is 1.12. The highest BCUT2D eigenvalue weighted by Gasteiger charge is 1.99. The smallest absolute Gasteiger partial charge is 0.120 e. The molecule has 0 radical (unpaired) electrons. The molecule has 0 unspecified atom stereocenters. The number of hydrogen-bond donors (Lipinski definition) is 0. The van der Waals surface area contributed by atoms with Crippen molar-refractivity contribution < 1.29 is 9.47 Å². The fourth-order valence-electron chi connectivity index (χ4n) is 1.52. The lowest BCUT2D eigenvalue weighted by molar-refractivity contribution is 0.146. The van der Waals surface area contributed by atoms with Crippen molar-refractivity contribution >= 4 is 10.9 Å². The third kappa shape index (κ3) is 2.74. The normalized spacial score (nSPS) is 10.1. The number of rotatable bonds is 4. The zero-order chi connectivity index (χ0) is 12.1. The van der Waals surface area contributed by atoms with Crippen LogP contribution >= 0.6 is 0 Å². The topological polar surface area (TPSA) is 31.4 Å². The van der Waals surface area contributed by atoms with E-state index in [1.54, 1.807) is 7.11 Å². The SMILES string of the molecule is C#Cc1ccc2cc(OCCOC)ccc2n1. The molecule has 3 nitrogen and oxygen atoms in total. The van der Waals surface area contributed by atoms with E-state index in [2.05, 4.69) is 10.9 Å². The van der Waals surface area contributed by atoms with Crippen LogP contribution in [-0.2, 0) is 4.74 Å². The molecule has 0 aliphatic rings. The monoisotopic (exact) mass is 227 g/mol. The van der Waals surface area contributed by atoms with Gasteiger partial charge in [-0.05, 0) is 30.3 Å². The number of terminal acetylenes is 1. The fourth-order valence-corrected chi connectivity index (χ4v) is 1.52. The van der Waals surface area contributed by atoms with Crippen LogP contribution in [0.3, 0.4) is 0 Å². The standard InChI is InChI=1S/C14H13NO2/c1-3-12-5-4-11-10-13(17-9-8-16-2)6-7-14(11)15-12/h1,4-7,10H,8-9H2,2H3. The molecule has 0 aliphatic heterocycles. The molecule has 1 heterocycles. The Kier molecular flexibility index (Phi) is 3.59. The molecule has 2 aromatic rings. The Morgan fingerprint density at radius 3 is 2.88 bits per heavy atom. The highest BCUT2D eigenvalue weighted by molar-refractivity contribution is 5.80. The first kappa shape index (κ1) is 11.4. The van der Waals surface area contributed by atoms with Gasteiger partial charge in [-0.2, -0.15) is 0 Å². The van der Waals surface area contributed by atoms with Crippen LogP contribution in [0.1, 0.15) is 5.69 Å². The zero-order valence-corrected chi connectivity index (χ0v) is 9.64. The molecule has 0 spiro atoms. The first-order valence-corrected chi connectivity index (χ1v) is 5.32. The Bertz CT molecular complexity index is 558. The van der Waals surface area contributed by atoms with Crippen molar-refractivity contribution in [1.82, 2.24) is 4.98 Å². The van der Waals surface area contributed by atoms with Crippen molar-refractivity contribution in [3.8, 4) is 18.1 Å². The van der Waals surface area contributed by atoms with Gasteiger partial charge in [0, 0.05) is 12.5 Å². The molecule has 2 rings (SSSR count). The molecule has 1 aromatic heterocycles. The van der Waals surface area contributed by atoms with Gasteiger partial charge in [0.05, 0.1) is 12.1 Å². The number of ether oxygens (including phenoxy) is 2. The maximum Gasteiger partial charge on any atom is 0.120 e. The van der Waals surface area contributed by atoms with Crippen LogP contribution in [0.2, 0.25) is 0 Å². The highest BCUT2D eigenvalue weighted by atomic mass is 16.5. The molecule has 0 N–H and O–H groups in total. The molecule has 0 saturated carbocycles. The molecular formula is C14H13NO2. The van der Waals surface area contributed by atoms with Crippen LogP contribution in [-0.4, -0.2) is 25.3 Å². The Morgan fingerprint density at radius 2 is 2.12 bits per heavy atom. The van der Waals surface area contributed by atoms with Crippen molar-refractivity contribution in [2.24, 2.45) is 0 Å². The lowest BCUT2D eigenvalue weighted by Crippen LogP contribution is -2.04. The minimum atomic E-state index is 0.540. The van der Waals surface area contributed by atoms with E-state index in [0.29, 0.717) is 18.9 Å². The quantitative estimate of drug-likeness (QED) is 0.593. The molecule has 86 valence electrons. The van der Waals surface area contributed by atoms with E-state index in [-0.39, 0.29) is 0 Å². The van der Waals surface area contributed by atoms with Gasteiger partial charge in [0.1, 0.15) is 18.1 Å². The Hall–Kier alpha value is -2.05. The van der Waals surface area contributed by atoms with Gasteiger partial charge in [0.2, 0.25) is 0 Å². The average molecular weight is 227 g/mol. The van der Waals surface area contributed by atoms with Gasteiger partial charge < -0.3 is 9.47 Å². The van der Waals surface area contributed by atoms with Gasteiger partial charge >= 0.3 is 0 Å². The summed E-state index contributed by atoms with van der Waals surface area (Å²) in [6, 6.07) is 9.49. The number of methoxy groups -OCH3 is 1. The lowest BCUT2D eigenvalue weighted by Gasteiger charge is -2.06. The van der Waals surface area contributed by atoms with E-state index in [4.69, 9.17) is 15.9 Å². The van der Waals surface area contributed by atoms with Crippen molar-refractivity contribution in [3.63, 3.8) is 0 Å². The largest absolute Gasteiger partial charge is 0.491 e. The third-order valence-electron chi connectivity index (χ3n) is 2.36. The number of aromatic nitrogens is 1. The molecule has 17 heavy (non-hydrogen) atoms. The van der Waals surface area contributed by atoms with Crippen LogP contribution in [0.25, 0.3) is 10.9 Å². The molecule has 0 aliphatic carbocycles. The second kappa shape index (κ2) is 5.33. The van der Waals surface area contributed by atoms with Crippen molar-refractivity contribution in [1.29, 1.82) is 0 Å². The van der Waals surface area contributed by atoms with E-state index in [1.165, 1.54) is 0 Å². The van der Waals surface area contributed by atoms with Crippen molar-refractivity contribution in [3.05, 3.63) is 36.0 Å². The Balaban J connectivity index is 2.23. The summed E-state index contributed by atoms with van der Waals surface area (Å²) in [5.74, 6) is 3.33. The van der Waals surface area contributed by atoms with Crippen LogP contribution in [0.15, 0.2) is 30.3 Å². The van der Waals surface area contributed by atoms with Crippen molar-refractivity contribution in [2.45, 2.75) is 0 Å². The zero-order valence-electron chi connectivity index (χ0n) is 9.64. The van der Waals surface area contributed by atoms with Gasteiger partial charge in [0.15, 0.2) is 0 Å². The molecule has 0 fully saturated rings. The molecule has 0 saturated heterocycles. The van der Waals surface area contributed by atoms with E-state index in [9.17, 15) is 0 Å². The number of pyridine rings is 1. The highest BCUT2D eigenvalue weighted by Crippen LogP contribution is 2.19. The summed E-state index contributed by atoms with van der Waals surface area (Å²) in [5, 5.41) is 1.01. The summed E-state index contributed by atoms with van der Waals surface area (Å²) in [4.78, 5) is 4.31. The van der Waals surface area contributed by atoms with Crippen LogP contribution in [0.4, 0.5) is 0 Å². The second-order valence-electron chi connectivity index (χ2n) is 3.54. The van der Waals surface area contributed by atoms with Gasteiger partial charge in [-0.15, -0.1) is 6.42 Å². The fraction of sp³-hybridized carbons (Fsp3) is 0.214. The molecule has 1 aromatic carbocycles. The Morgan fingerprint density at radius 1 is 1.24 bits per heavy atom.